The molecule has 1 N–H and O–H groups in total. The summed E-state index contributed by atoms with van der Waals surface area (Å²) in [5.74, 6) is -0.363. The van der Waals surface area contributed by atoms with Gasteiger partial charge in [-0.3, -0.25) is 4.79 Å². The summed E-state index contributed by atoms with van der Waals surface area (Å²) in [6, 6.07) is 14.0. The molecule has 1 saturated heterocycles. The lowest BCUT2D eigenvalue weighted by Gasteiger charge is -2.36. The van der Waals surface area contributed by atoms with Gasteiger partial charge in [-0.15, -0.1) is 0 Å². The van der Waals surface area contributed by atoms with Crippen LogP contribution in [0.1, 0.15) is 27.6 Å². The second-order valence-corrected chi connectivity index (χ2v) is 6.58. The highest BCUT2D eigenvalue weighted by Gasteiger charge is 2.21. The number of ether oxygens (including phenoxy) is 1. The van der Waals surface area contributed by atoms with Crippen LogP contribution in [0.4, 0.5) is 16.2 Å². The lowest BCUT2D eigenvalue weighted by Crippen LogP contribution is -2.50. The average molecular weight is 381 g/mol. The SMILES string of the molecule is COC(=O)c1ccc(NC(=O)N2CCN(c3ccc(C(C)=O)cc3)CC2)cc1. The van der Waals surface area contributed by atoms with Gasteiger partial charge in [0.1, 0.15) is 0 Å². The number of methoxy groups -OCH3 is 1. The van der Waals surface area contributed by atoms with Crippen LogP contribution in [0, 0.1) is 0 Å². The van der Waals surface area contributed by atoms with Crippen LogP contribution in [0.25, 0.3) is 0 Å². The Morgan fingerprint density at radius 2 is 1.43 bits per heavy atom. The molecule has 0 radical (unpaired) electrons. The minimum absolute atomic E-state index is 0.0488. The number of nitrogens with one attached hydrogen (secondary N) is 1. The lowest BCUT2D eigenvalue weighted by atomic mass is 10.1. The van der Waals surface area contributed by atoms with E-state index in [2.05, 4.69) is 15.0 Å². The smallest absolute Gasteiger partial charge is 0.337 e. The number of benzene rings is 2. The summed E-state index contributed by atoms with van der Waals surface area (Å²) in [5.41, 5.74) is 2.80. The minimum Gasteiger partial charge on any atom is -0.465 e. The number of piperazine rings is 1. The number of hydrogen-bond acceptors (Lipinski definition) is 5. The number of rotatable bonds is 4. The maximum absolute atomic E-state index is 12.5. The van der Waals surface area contributed by atoms with Crippen LogP contribution in [0.3, 0.4) is 0 Å². The number of urea groups is 1. The van der Waals surface area contributed by atoms with Gasteiger partial charge < -0.3 is 19.9 Å². The fourth-order valence-electron chi connectivity index (χ4n) is 3.08. The van der Waals surface area contributed by atoms with Crippen molar-refractivity contribution < 1.29 is 19.1 Å². The van der Waals surface area contributed by atoms with E-state index in [-0.39, 0.29) is 11.8 Å². The first-order valence-electron chi connectivity index (χ1n) is 9.08. The second kappa shape index (κ2) is 8.56. The second-order valence-electron chi connectivity index (χ2n) is 6.58. The van der Waals surface area contributed by atoms with E-state index in [0.717, 1.165) is 5.69 Å². The van der Waals surface area contributed by atoms with Gasteiger partial charge in [0.15, 0.2) is 5.78 Å². The number of nitrogens with zero attached hydrogens (tertiary/aromatic N) is 2. The molecular weight excluding hydrogens is 358 g/mol. The van der Waals surface area contributed by atoms with Crippen LogP contribution in [0.5, 0.6) is 0 Å². The predicted molar refractivity (Wildman–Crippen MR) is 107 cm³/mol. The summed E-state index contributed by atoms with van der Waals surface area (Å²) in [6.07, 6.45) is 0. The number of esters is 1. The van der Waals surface area contributed by atoms with Crippen molar-refractivity contribution in [3.05, 3.63) is 59.7 Å². The molecule has 2 aromatic rings. The van der Waals surface area contributed by atoms with Gasteiger partial charge in [0.05, 0.1) is 12.7 Å². The third kappa shape index (κ3) is 4.49. The summed E-state index contributed by atoms with van der Waals surface area (Å²) in [7, 11) is 1.33. The monoisotopic (exact) mass is 381 g/mol. The first kappa shape index (κ1) is 19.4. The Morgan fingerprint density at radius 3 is 1.96 bits per heavy atom. The summed E-state index contributed by atoms with van der Waals surface area (Å²) < 4.78 is 4.66. The van der Waals surface area contributed by atoms with Crippen molar-refractivity contribution in [3.63, 3.8) is 0 Å². The number of Topliss-reactive ketones (excluding diaryl/α,β-unsaturated/α-hetero) is 1. The molecule has 1 heterocycles. The predicted octanol–water partition coefficient (Wildman–Crippen LogP) is 3.03. The first-order chi connectivity index (χ1) is 13.5. The minimum atomic E-state index is -0.412. The number of ketones is 1. The van der Waals surface area contributed by atoms with E-state index in [4.69, 9.17) is 0 Å². The molecular formula is C21H23N3O4. The first-order valence-corrected chi connectivity index (χ1v) is 9.08. The Kier molecular flexibility index (Phi) is 5.93. The molecule has 7 nitrogen and oxygen atoms in total. The summed E-state index contributed by atoms with van der Waals surface area (Å²) in [6.45, 7) is 4.18. The molecule has 0 saturated carbocycles. The van der Waals surface area contributed by atoms with Gasteiger partial charge in [-0.1, -0.05) is 0 Å². The van der Waals surface area contributed by atoms with E-state index in [1.54, 1.807) is 36.1 Å². The Hall–Kier alpha value is -3.35. The van der Waals surface area contributed by atoms with Crippen molar-refractivity contribution in [2.45, 2.75) is 6.92 Å². The van der Waals surface area contributed by atoms with E-state index in [1.807, 2.05) is 24.3 Å². The van der Waals surface area contributed by atoms with Crippen LogP contribution in [0.2, 0.25) is 0 Å². The van der Waals surface area contributed by atoms with Gasteiger partial charge in [0.25, 0.3) is 0 Å². The van der Waals surface area contributed by atoms with Crippen LogP contribution < -0.4 is 10.2 Å². The zero-order chi connectivity index (χ0) is 20.1. The fourth-order valence-corrected chi connectivity index (χ4v) is 3.08. The van der Waals surface area contributed by atoms with Crippen molar-refractivity contribution in [1.29, 1.82) is 0 Å². The van der Waals surface area contributed by atoms with Crippen LogP contribution in [-0.4, -0.2) is 56.0 Å². The molecule has 1 fully saturated rings. The molecule has 0 bridgehead atoms. The van der Waals surface area contributed by atoms with Gasteiger partial charge in [-0.2, -0.15) is 0 Å². The lowest BCUT2D eigenvalue weighted by molar-refractivity contribution is 0.0600. The van der Waals surface area contributed by atoms with Crippen molar-refractivity contribution >= 4 is 29.2 Å². The molecule has 28 heavy (non-hydrogen) atoms. The van der Waals surface area contributed by atoms with E-state index in [1.165, 1.54) is 7.11 Å². The quantitative estimate of drug-likeness (QED) is 0.651. The molecule has 0 aliphatic carbocycles. The van der Waals surface area contributed by atoms with Crippen molar-refractivity contribution in [3.8, 4) is 0 Å². The van der Waals surface area contributed by atoms with E-state index in [0.29, 0.717) is 43.0 Å². The molecule has 7 heteroatoms. The zero-order valence-corrected chi connectivity index (χ0v) is 16.0. The van der Waals surface area contributed by atoms with Gasteiger partial charge >= 0.3 is 12.0 Å². The number of carbonyl (C=O) groups excluding carboxylic acids is 3. The average Bonchev–Trinajstić information content (AvgIpc) is 2.74. The maximum atomic E-state index is 12.5. The number of carbonyl (C=O) groups is 3. The van der Waals surface area contributed by atoms with Crippen LogP contribution in [-0.2, 0) is 4.74 Å². The number of hydrogen-bond donors (Lipinski definition) is 1. The molecule has 2 amide bonds. The third-order valence-electron chi connectivity index (χ3n) is 4.76. The van der Waals surface area contributed by atoms with Crippen molar-refractivity contribution in [2.24, 2.45) is 0 Å². The summed E-state index contributed by atoms with van der Waals surface area (Å²) in [4.78, 5) is 39.3. The van der Waals surface area contributed by atoms with Gasteiger partial charge in [0, 0.05) is 43.1 Å². The molecule has 3 rings (SSSR count). The molecule has 2 aromatic carbocycles. The Balaban J connectivity index is 1.53. The molecule has 146 valence electrons. The highest BCUT2D eigenvalue weighted by molar-refractivity contribution is 5.94. The molecule has 1 aliphatic heterocycles. The molecule has 1 aliphatic rings. The van der Waals surface area contributed by atoms with Crippen molar-refractivity contribution in [2.75, 3.05) is 43.5 Å². The molecule has 0 spiro atoms. The number of amides is 2. The van der Waals surface area contributed by atoms with Gasteiger partial charge in [-0.25, -0.2) is 9.59 Å². The van der Waals surface area contributed by atoms with Gasteiger partial charge in [0.2, 0.25) is 0 Å². The number of anilines is 2. The third-order valence-corrected chi connectivity index (χ3v) is 4.76. The summed E-state index contributed by atoms with van der Waals surface area (Å²) in [5, 5.41) is 2.85. The topological polar surface area (TPSA) is 79.0 Å². The van der Waals surface area contributed by atoms with Gasteiger partial charge in [-0.05, 0) is 55.5 Å². The highest BCUT2D eigenvalue weighted by atomic mass is 16.5. The Labute approximate surface area is 163 Å². The Morgan fingerprint density at radius 1 is 0.857 bits per heavy atom. The van der Waals surface area contributed by atoms with Crippen LogP contribution >= 0.6 is 0 Å². The van der Waals surface area contributed by atoms with E-state index < -0.39 is 5.97 Å². The molecule has 0 aromatic heterocycles. The largest absolute Gasteiger partial charge is 0.465 e. The maximum Gasteiger partial charge on any atom is 0.337 e. The normalized spacial score (nSPS) is 13.8. The molecule has 0 unspecified atom stereocenters. The van der Waals surface area contributed by atoms with Crippen LogP contribution in [0.15, 0.2) is 48.5 Å². The zero-order valence-electron chi connectivity index (χ0n) is 16.0. The fraction of sp³-hybridized carbons (Fsp3) is 0.286. The summed E-state index contributed by atoms with van der Waals surface area (Å²) >= 11 is 0. The Bertz CT molecular complexity index is 854. The highest BCUT2D eigenvalue weighted by Crippen LogP contribution is 2.18. The van der Waals surface area contributed by atoms with Crippen molar-refractivity contribution in [1.82, 2.24) is 4.90 Å². The van der Waals surface area contributed by atoms with E-state index >= 15 is 0 Å². The molecule has 0 atom stereocenters. The van der Waals surface area contributed by atoms with E-state index in [9.17, 15) is 14.4 Å². The standard InChI is InChI=1S/C21H23N3O4/c1-15(25)16-5-9-19(10-6-16)23-11-13-24(14-12-23)21(27)22-18-7-3-17(4-8-18)20(26)28-2/h3-10H,11-14H2,1-2H3,(H,22,27).